The molecule has 1 saturated heterocycles. The maximum absolute atomic E-state index is 12.2. The highest BCUT2D eigenvalue weighted by Gasteiger charge is 2.20. The van der Waals surface area contributed by atoms with E-state index in [1.54, 1.807) is 0 Å². The first-order valence-electron chi connectivity index (χ1n) is 9.07. The molecular weight excluding hydrogens is 360 g/mol. The van der Waals surface area contributed by atoms with Gasteiger partial charge in [0.2, 0.25) is 5.91 Å². The highest BCUT2D eigenvalue weighted by atomic mass is 32.1. The van der Waals surface area contributed by atoms with Gasteiger partial charge in [-0.3, -0.25) is 19.2 Å². The van der Waals surface area contributed by atoms with Crippen LogP contribution in [0.25, 0.3) is 11.1 Å². The molecule has 0 spiro atoms. The molecule has 1 aromatic heterocycles. The van der Waals surface area contributed by atoms with E-state index in [1.165, 1.54) is 0 Å². The van der Waals surface area contributed by atoms with Crippen LogP contribution in [0.1, 0.15) is 0 Å². The van der Waals surface area contributed by atoms with E-state index in [1.807, 2.05) is 59.2 Å². The fourth-order valence-electron chi connectivity index (χ4n) is 3.36. The monoisotopic (exact) mass is 382 g/mol. The lowest BCUT2D eigenvalue weighted by atomic mass is 10.3. The normalized spacial score (nSPS) is 15.9. The number of aromatic nitrogens is 1. The first-order chi connectivity index (χ1) is 13.2. The molecule has 1 amide bonds. The van der Waals surface area contributed by atoms with E-state index in [0.29, 0.717) is 18.1 Å². The Labute approximate surface area is 163 Å². The van der Waals surface area contributed by atoms with Gasteiger partial charge in [-0.15, -0.1) is 0 Å². The second-order valence-electron chi connectivity index (χ2n) is 6.71. The Balaban J connectivity index is 1.30. The lowest BCUT2D eigenvalue weighted by Crippen LogP contribution is -2.48. The van der Waals surface area contributed by atoms with Crippen molar-refractivity contribution in [1.29, 1.82) is 0 Å². The van der Waals surface area contributed by atoms with Crippen LogP contribution in [0.5, 0.6) is 0 Å². The summed E-state index contributed by atoms with van der Waals surface area (Å²) in [5.74, 6) is 0.0256. The number of para-hydroxylation sites is 3. The average molecular weight is 382 g/mol. The van der Waals surface area contributed by atoms with E-state index < -0.39 is 0 Å². The van der Waals surface area contributed by atoms with Gasteiger partial charge in [0.05, 0.1) is 18.7 Å². The van der Waals surface area contributed by atoms with Crippen LogP contribution in [0.2, 0.25) is 0 Å². The Hall–Kier alpha value is -2.48. The van der Waals surface area contributed by atoms with Crippen LogP contribution >= 0.6 is 12.2 Å². The summed E-state index contributed by atoms with van der Waals surface area (Å²) in [6, 6.07) is 17.5. The lowest BCUT2D eigenvalue weighted by Gasteiger charge is -2.34. The predicted octanol–water partition coefficient (Wildman–Crippen LogP) is 3.18. The van der Waals surface area contributed by atoms with Crippen molar-refractivity contribution in [2.75, 3.05) is 38.0 Å². The van der Waals surface area contributed by atoms with E-state index >= 15 is 0 Å². The minimum Gasteiger partial charge on any atom is -0.429 e. The van der Waals surface area contributed by atoms with Crippen LogP contribution in [0.4, 0.5) is 5.69 Å². The van der Waals surface area contributed by atoms with Gasteiger partial charge in [-0.25, -0.2) is 0 Å². The molecule has 2 aromatic carbocycles. The number of piperazine rings is 1. The van der Waals surface area contributed by atoms with Crippen molar-refractivity contribution in [3.8, 4) is 0 Å². The smallest absolute Gasteiger partial charge is 0.270 e. The highest BCUT2D eigenvalue weighted by Crippen LogP contribution is 2.18. The molecule has 1 N–H and O–H groups in total. The molecular formula is C20H22N4O2S. The molecule has 7 heteroatoms. The third kappa shape index (κ3) is 4.27. The standard InChI is InChI=1S/C20H22N4O2S/c25-19(21-16-6-2-1-3-7-16)14-22-10-12-23(13-11-22)15-24-17-8-4-5-9-18(17)26-20(24)27/h1-9H,10-15H2,(H,21,25). The van der Waals surface area contributed by atoms with Crippen LogP contribution in [0, 0.1) is 4.84 Å². The number of hydrogen-bond donors (Lipinski definition) is 1. The number of anilines is 1. The Morgan fingerprint density at radius 1 is 0.963 bits per heavy atom. The zero-order chi connectivity index (χ0) is 18.6. The van der Waals surface area contributed by atoms with Gasteiger partial charge in [0, 0.05) is 31.9 Å². The molecule has 27 heavy (non-hydrogen) atoms. The molecule has 140 valence electrons. The van der Waals surface area contributed by atoms with Gasteiger partial charge < -0.3 is 9.73 Å². The molecule has 1 fully saturated rings. The summed E-state index contributed by atoms with van der Waals surface area (Å²) in [4.78, 5) is 17.2. The van der Waals surface area contributed by atoms with Crippen LogP contribution in [0.15, 0.2) is 59.0 Å². The maximum atomic E-state index is 12.2. The number of nitrogens with zero attached hydrogens (tertiary/aromatic N) is 3. The van der Waals surface area contributed by atoms with Crippen LogP contribution in [0.3, 0.4) is 0 Å². The van der Waals surface area contributed by atoms with Crippen LogP contribution in [-0.2, 0) is 11.5 Å². The molecule has 0 saturated carbocycles. The molecule has 1 aliphatic rings. The Morgan fingerprint density at radius 2 is 1.63 bits per heavy atom. The Bertz CT molecular complexity index is 974. The van der Waals surface area contributed by atoms with E-state index in [2.05, 4.69) is 15.1 Å². The largest absolute Gasteiger partial charge is 0.429 e. The van der Waals surface area contributed by atoms with E-state index in [0.717, 1.165) is 43.0 Å². The van der Waals surface area contributed by atoms with E-state index in [9.17, 15) is 4.79 Å². The van der Waals surface area contributed by atoms with E-state index in [4.69, 9.17) is 16.6 Å². The van der Waals surface area contributed by atoms with Crippen LogP contribution < -0.4 is 5.32 Å². The molecule has 0 bridgehead atoms. The highest BCUT2D eigenvalue weighted by molar-refractivity contribution is 7.71. The summed E-state index contributed by atoms with van der Waals surface area (Å²) in [7, 11) is 0. The number of rotatable bonds is 5. The molecule has 0 unspecified atom stereocenters. The SMILES string of the molecule is O=C(CN1CCN(Cn2c(=S)oc3ccccc32)CC1)Nc1ccccc1. The van der Waals surface area contributed by atoms with Gasteiger partial charge in [0.15, 0.2) is 5.58 Å². The van der Waals surface area contributed by atoms with Crippen molar-refractivity contribution in [2.24, 2.45) is 0 Å². The van der Waals surface area contributed by atoms with Crippen molar-refractivity contribution in [3.05, 3.63) is 59.4 Å². The molecule has 1 aliphatic heterocycles. The molecule has 4 rings (SSSR count). The minimum absolute atomic E-state index is 0.0256. The first-order valence-corrected chi connectivity index (χ1v) is 9.48. The summed E-state index contributed by atoms with van der Waals surface area (Å²) in [6.45, 7) is 4.60. The lowest BCUT2D eigenvalue weighted by molar-refractivity contribution is -0.117. The Kier molecular flexibility index (Phi) is 5.33. The molecule has 0 radical (unpaired) electrons. The number of fused-ring (bicyclic) bond motifs is 1. The second kappa shape index (κ2) is 8.04. The zero-order valence-corrected chi connectivity index (χ0v) is 15.8. The number of oxazole rings is 1. The second-order valence-corrected chi connectivity index (χ2v) is 7.06. The summed E-state index contributed by atoms with van der Waals surface area (Å²) in [6.07, 6.45) is 0. The zero-order valence-electron chi connectivity index (χ0n) is 15.0. The summed E-state index contributed by atoms with van der Waals surface area (Å²) < 4.78 is 7.69. The summed E-state index contributed by atoms with van der Waals surface area (Å²) >= 11 is 5.37. The Morgan fingerprint density at radius 3 is 2.41 bits per heavy atom. The first kappa shape index (κ1) is 17.9. The summed E-state index contributed by atoms with van der Waals surface area (Å²) in [5.41, 5.74) is 2.67. The van der Waals surface area contributed by atoms with Gasteiger partial charge in [-0.2, -0.15) is 0 Å². The van der Waals surface area contributed by atoms with Gasteiger partial charge in [-0.1, -0.05) is 30.3 Å². The fraction of sp³-hybridized carbons (Fsp3) is 0.300. The molecule has 6 nitrogen and oxygen atoms in total. The molecule has 2 heterocycles. The molecule has 3 aromatic rings. The third-order valence-corrected chi connectivity index (χ3v) is 5.11. The summed E-state index contributed by atoms with van der Waals surface area (Å²) in [5, 5.41) is 2.94. The number of amides is 1. The number of benzene rings is 2. The van der Waals surface area contributed by atoms with E-state index in [-0.39, 0.29) is 5.91 Å². The van der Waals surface area contributed by atoms with Gasteiger partial charge in [-0.05, 0) is 36.5 Å². The third-order valence-electron chi connectivity index (χ3n) is 4.80. The van der Waals surface area contributed by atoms with Crippen LogP contribution in [-0.4, -0.2) is 53.0 Å². The number of hydrogen-bond acceptors (Lipinski definition) is 5. The van der Waals surface area contributed by atoms with Gasteiger partial charge in [0.1, 0.15) is 0 Å². The fourth-order valence-corrected chi connectivity index (χ4v) is 3.61. The van der Waals surface area contributed by atoms with Gasteiger partial charge in [0.25, 0.3) is 4.84 Å². The van der Waals surface area contributed by atoms with Gasteiger partial charge >= 0.3 is 0 Å². The van der Waals surface area contributed by atoms with Crippen molar-refractivity contribution >= 4 is 34.9 Å². The topological polar surface area (TPSA) is 53.7 Å². The number of carbonyl (C=O) groups excluding carboxylic acids is 1. The number of carbonyl (C=O) groups is 1. The van der Waals surface area contributed by atoms with Crippen molar-refractivity contribution in [3.63, 3.8) is 0 Å². The van der Waals surface area contributed by atoms with Crippen molar-refractivity contribution < 1.29 is 9.21 Å². The maximum Gasteiger partial charge on any atom is 0.270 e. The van der Waals surface area contributed by atoms with Crippen molar-refractivity contribution in [1.82, 2.24) is 14.4 Å². The molecule has 0 aliphatic carbocycles. The predicted molar refractivity (Wildman–Crippen MR) is 108 cm³/mol. The number of nitrogens with one attached hydrogen (secondary N) is 1. The minimum atomic E-state index is 0.0256. The quantitative estimate of drug-likeness (QED) is 0.687. The molecule has 0 atom stereocenters. The van der Waals surface area contributed by atoms with Crippen molar-refractivity contribution in [2.45, 2.75) is 6.67 Å². The average Bonchev–Trinajstić information content (AvgIpc) is 2.99.